The Morgan fingerprint density at radius 2 is 1.77 bits per heavy atom. The van der Waals surface area contributed by atoms with Gasteiger partial charge < -0.3 is 10.2 Å². The zero-order chi connectivity index (χ0) is 20.9. The lowest BCUT2D eigenvalue weighted by molar-refractivity contribution is -0.119. The van der Waals surface area contributed by atoms with Gasteiger partial charge in [-0.25, -0.2) is 4.68 Å². The van der Waals surface area contributed by atoms with E-state index in [1.165, 1.54) is 0 Å². The van der Waals surface area contributed by atoms with Crippen LogP contribution in [-0.2, 0) is 17.9 Å². The van der Waals surface area contributed by atoms with Crippen molar-refractivity contribution in [2.75, 3.05) is 50.7 Å². The number of piperazine rings is 1. The summed E-state index contributed by atoms with van der Waals surface area (Å²) in [5.74, 6) is 0.873. The number of anilines is 1. The Bertz CT molecular complexity index is 870. The highest BCUT2D eigenvalue weighted by Crippen LogP contribution is 2.23. The van der Waals surface area contributed by atoms with E-state index in [-0.39, 0.29) is 11.8 Å². The standard InChI is InChI=1S/C22H30N6O2/c1-2-25-13-15-26(16-14-25)12-10-23-22(30)19-5-3-18(4-6-19)17-27-20-7-9-24-28(20)11-8-21(27)29/h3-7,9H,2,8,10-17H2,1H3,(H,23,30). The number of amides is 2. The third-order valence-corrected chi connectivity index (χ3v) is 5.99. The molecule has 1 saturated heterocycles. The molecule has 8 nitrogen and oxygen atoms in total. The molecule has 0 saturated carbocycles. The Morgan fingerprint density at radius 1 is 1.03 bits per heavy atom. The molecule has 0 bridgehead atoms. The van der Waals surface area contributed by atoms with Crippen LogP contribution in [0.5, 0.6) is 0 Å². The highest BCUT2D eigenvalue weighted by molar-refractivity contribution is 5.95. The van der Waals surface area contributed by atoms with E-state index in [0.29, 0.717) is 31.6 Å². The Kier molecular flexibility index (Phi) is 6.44. The van der Waals surface area contributed by atoms with Crippen LogP contribution in [0.25, 0.3) is 0 Å². The van der Waals surface area contributed by atoms with Crippen molar-refractivity contribution in [2.45, 2.75) is 26.4 Å². The zero-order valence-corrected chi connectivity index (χ0v) is 17.6. The number of fused-ring (bicyclic) bond motifs is 1. The van der Waals surface area contributed by atoms with Gasteiger partial charge in [-0.05, 0) is 24.2 Å². The van der Waals surface area contributed by atoms with Gasteiger partial charge in [0.05, 0.1) is 19.3 Å². The number of aryl methyl sites for hydroxylation is 1. The Labute approximate surface area is 177 Å². The Hall–Kier alpha value is -2.71. The van der Waals surface area contributed by atoms with Crippen molar-refractivity contribution < 1.29 is 9.59 Å². The van der Waals surface area contributed by atoms with Crippen LogP contribution in [-0.4, -0.2) is 77.2 Å². The van der Waals surface area contributed by atoms with Crippen molar-refractivity contribution in [1.29, 1.82) is 0 Å². The normalized spacial score (nSPS) is 17.8. The van der Waals surface area contributed by atoms with Gasteiger partial charge in [0.1, 0.15) is 5.82 Å². The highest BCUT2D eigenvalue weighted by atomic mass is 16.2. The van der Waals surface area contributed by atoms with Gasteiger partial charge in [0, 0.05) is 57.3 Å². The molecule has 160 valence electrons. The topological polar surface area (TPSA) is 73.7 Å². The van der Waals surface area contributed by atoms with Crippen LogP contribution in [0.15, 0.2) is 36.5 Å². The summed E-state index contributed by atoms with van der Waals surface area (Å²) < 4.78 is 1.85. The minimum atomic E-state index is -0.0548. The first kappa shape index (κ1) is 20.6. The maximum Gasteiger partial charge on any atom is 0.251 e. The lowest BCUT2D eigenvalue weighted by Gasteiger charge is -2.33. The van der Waals surface area contributed by atoms with Crippen molar-refractivity contribution in [3.8, 4) is 0 Å². The summed E-state index contributed by atoms with van der Waals surface area (Å²) in [6, 6.07) is 9.36. The number of hydrogen-bond acceptors (Lipinski definition) is 5. The first-order chi connectivity index (χ1) is 14.6. The minimum Gasteiger partial charge on any atom is -0.351 e. The monoisotopic (exact) mass is 410 g/mol. The summed E-state index contributed by atoms with van der Waals surface area (Å²) in [6.45, 7) is 10.3. The largest absolute Gasteiger partial charge is 0.351 e. The molecule has 0 atom stereocenters. The number of carbonyl (C=O) groups is 2. The van der Waals surface area contributed by atoms with E-state index in [1.54, 1.807) is 11.1 Å². The molecule has 0 aliphatic carbocycles. The summed E-state index contributed by atoms with van der Waals surface area (Å²) in [7, 11) is 0. The molecule has 2 amide bonds. The maximum atomic E-state index is 12.5. The summed E-state index contributed by atoms with van der Waals surface area (Å²) >= 11 is 0. The van der Waals surface area contributed by atoms with Gasteiger partial charge in [0.15, 0.2) is 0 Å². The van der Waals surface area contributed by atoms with Crippen molar-refractivity contribution in [3.05, 3.63) is 47.7 Å². The maximum absolute atomic E-state index is 12.5. The third kappa shape index (κ3) is 4.71. The van der Waals surface area contributed by atoms with E-state index in [9.17, 15) is 9.59 Å². The SMILES string of the molecule is CCN1CCN(CCNC(=O)c2ccc(CN3C(=O)CCn4nccc43)cc2)CC1. The summed E-state index contributed by atoms with van der Waals surface area (Å²) in [4.78, 5) is 31.4. The molecule has 2 aromatic rings. The number of nitrogens with one attached hydrogen (secondary N) is 1. The van der Waals surface area contributed by atoms with Gasteiger partial charge >= 0.3 is 0 Å². The molecule has 2 aliphatic rings. The molecule has 4 rings (SSSR count). The number of rotatable bonds is 7. The second-order valence-corrected chi connectivity index (χ2v) is 7.87. The quantitative estimate of drug-likeness (QED) is 0.742. The Morgan fingerprint density at radius 3 is 2.50 bits per heavy atom. The van der Waals surface area contributed by atoms with E-state index in [2.05, 4.69) is 27.1 Å². The molecule has 0 unspecified atom stereocenters. The van der Waals surface area contributed by atoms with Gasteiger partial charge in [-0.2, -0.15) is 5.10 Å². The van der Waals surface area contributed by atoms with Crippen LogP contribution in [0.1, 0.15) is 29.3 Å². The average Bonchev–Trinajstić information content (AvgIpc) is 3.26. The molecule has 1 aromatic carbocycles. The average molecular weight is 411 g/mol. The van der Waals surface area contributed by atoms with Crippen molar-refractivity contribution in [2.24, 2.45) is 0 Å². The van der Waals surface area contributed by atoms with Crippen LogP contribution >= 0.6 is 0 Å². The second kappa shape index (κ2) is 9.40. The highest BCUT2D eigenvalue weighted by Gasteiger charge is 2.24. The lowest BCUT2D eigenvalue weighted by Crippen LogP contribution is -2.48. The van der Waals surface area contributed by atoms with Crippen LogP contribution in [0.3, 0.4) is 0 Å². The summed E-state index contributed by atoms with van der Waals surface area (Å²) in [5.41, 5.74) is 1.63. The fourth-order valence-electron chi connectivity index (χ4n) is 4.06. The molecule has 8 heteroatoms. The van der Waals surface area contributed by atoms with Gasteiger partial charge in [-0.15, -0.1) is 0 Å². The van der Waals surface area contributed by atoms with Crippen LogP contribution in [0, 0.1) is 0 Å². The minimum absolute atomic E-state index is 0.0548. The van der Waals surface area contributed by atoms with Gasteiger partial charge in [-0.1, -0.05) is 19.1 Å². The molecular formula is C22H30N6O2. The number of benzene rings is 1. The number of aromatic nitrogens is 2. The molecular weight excluding hydrogens is 380 g/mol. The molecule has 3 heterocycles. The molecule has 1 aromatic heterocycles. The number of likely N-dealkylation sites (N-methyl/N-ethyl adjacent to an activating group) is 1. The number of hydrogen-bond donors (Lipinski definition) is 1. The van der Waals surface area contributed by atoms with E-state index >= 15 is 0 Å². The van der Waals surface area contributed by atoms with E-state index in [0.717, 1.165) is 50.6 Å². The predicted molar refractivity (Wildman–Crippen MR) is 115 cm³/mol. The van der Waals surface area contributed by atoms with Gasteiger partial charge in [0.25, 0.3) is 5.91 Å². The third-order valence-electron chi connectivity index (χ3n) is 5.99. The molecule has 0 radical (unpaired) electrons. The summed E-state index contributed by atoms with van der Waals surface area (Å²) in [6.07, 6.45) is 2.18. The molecule has 2 aliphatic heterocycles. The van der Waals surface area contributed by atoms with Crippen molar-refractivity contribution in [1.82, 2.24) is 24.9 Å². The fourth-order valence-corrected chi connectivity index (χ4v) is 4.06. The first-order valence-corrected chi connectivity index (χ1v) is 10.8. The van der Waals surface area contributed by atoms with Crippen LogP contribution in [0.4, 0.5) is 5.82 Å². The van der Waals surface area contributed by atoms with E-state index in [1.807, 2.05) is 35.0 Å². The van der Waals surface area contributed by atoms with Crippen molar-refractivity contribution >= 4 is 17.6 Å². The molecule has 30 heavy (non-hydrogen) atoms. The van der Waals surface area contributed by atoms with E-state index < -0.39 is 0 Å². The lowest BCUT2D eigenvalue weighted by atomic mass is 10.1. The van der Waals surface area contributed by atoms with Gasteiger partial charge in [0.2, 0.25) is 5.91 Å². The van der Waals surface area contributed by atoms with Crippen LogP contribution in [0.2, 0.25) is 0 Å². The number of carbonyl (C=O) groups excluding carboxylic acids is 2. The molecule has 1 fully saturated rings. The zero-order valence-electron chi connectivity index (χ0n) is 17.6. The smallest absolute Gasteiger partial charge is 0.251 e. The predicted octanol–water partition coefficient (Wildman–Crippen LogP) is 1.19. The van der Waals surface area contributed by atoms with Crippen molar-refractivity contribution in [3.63, 3.8) is 0 Å². The van der Waals surface area contributed by atoms with Gasteiger partial charge in [-0.3, -0.25) is 19.4 Å². The number of nitrogens with zero attached hydrogens (tertiary/aromatic N) is 5. The van der Waals surface area contributed by atoms with Crippen LogP contribution < -0.4 is 10.2 Å². The summed E-state index contributed by atoms with van der Waals surface area (Å²) in [5, 5.41) is 7.27. The molecule has 1 N–H and O–H groups in total. The first-order valence-electron chi connectivity index (χ1n) is 10.8. The van der Waals surface area contributed by atoms with E-state index in [4.69, 9.17) is 0 Å². The molecule has 0 spiro atoms. The Balaban J connectivity index is 1.26. The fraction of sp³-hybridized carbons (Fsp3) is 0.500. The second-order valence-electron chi connectivity index (χ2n) is 7.87.